The molecule has 0 saturated heterocycles. The zero-order chi connectivity index (χ0) is 18.6. The van der Waals surface area contributed by atoms with Gasteiger partial charge in [-0.3, -0.25) is 4.79 Å². The molecule has 2 N–H and O–H groups in total. The van der Waals surface area contributed by atoms with Crippen LogP contribution in [0.15, 0.2) is 41.3 Å². The van der Waals surface area contributed by atoms with Crippen LogP contribution in [0.2, 0.25) is 0 Å². The van der Waals surface area contributed by atoms with E-state index in [1.165, 1.54) is 31.2 Å². The molecule has 0 aromatic heterocycles. The van der Waals surface area contributed by atoms with Crippen LogP contribution in [0.1, 0.15) is 18.9 Å². The highest BCUT2D eigenvalue weighted by Crippen LogP contribution is 2.27. The predicted molar refractivity (Wildman–Crippen MR) is 89.1 cm³/mol. The van der Waals surface area contributed by atoms with Gasteiger partial charge in [0.2, 0.25) is 5.91 Å². The van der Waals surface area contributed by atoms with Crippen LogP contribution < -0.4 is 5.32 Å². The third kappa shape index (κ3) is 4.76. The summed E-state index contributed by atoms with van der Waals surface area (Å²) in [5.41, 5.74) is 0.422. The summed E-state index contributed by atoms with van der Waals surface area (Å²) < 4.78 is 49.7. The van der Waals surface area contributed by atoms with Gasteiger partial charge in [-0.05, 0) is 42.3 Å². The summed E-state index contributed by atoms with van der Waals surface area (Å²) in [6.45, 7) is 1.49. The van der Waals surface area contributed by atoms with Crippen molar-refractivity contribution in [1.82, 2.24) is 0 Å². The number of hydrogen-bond acceptors (Lipinski definition) is 4. The molecular formula is C17H17F2NO4S. The van der Waals surface area contributed by atoms with E-state index in [1.807, 2.05) is 0 Å². The summed E-state index contributed by atoms with van der Waals surface area (Å²) in [5, 5.41) is 12.2. The van der Waals surface area contributed by atoms with Crippen molar-refractivity contribution in [2.45, 2.75) is 24.7 Å². The van der Waals surface area contributed by atoms with Crippen LogP contribution in [0.5, 0.6) is 5.75 Å². The second-order valence-corrected chi connectivity index (χ2v) is 7.66. The maximum atomic E-state index is 13.1. The van der Waals surface area contributed by atoms with E-state index in [1.54, 1.807) is 0 Å². The Balaban J connectivity index is 2.07. The molecule has 0 saturated carbocycles. The monoisotopic (exact) mass is 369 g/mol. The number of amides is 1. The fourth-order valence-electron chi connectivity index (χ4n) is 2.14. The van der Waals surface area contributed by atoms with Crippen molar-refractivity contribution in [3.05, 3.63) is 53.6 Å². The SMILES string of the molecule is CCS(=O)(=O)c1ccc(O)c(NC(=O)CCc2ccc(F)c(F)c2)c1. The Morgan fingerprint density at radius 3 is 2.48 bits per heavy atom. The average molecular weight is 369 g/mol. The quantitative estimate of drug-likeness (QED) is 0.767. The number of phenolic OH excluding ortho intramolecular Hbond substituents is 1. The van der Waals surface area contributed by atoms with Crippen LogP contribution in [-0.2, 0) is 21.1 Å². The molecule has 0 radical (unpaired) electrons. The van der Waals surface area contributed by atoms with E-state index in [2.05, 4.69) is 5.32 Å². The Labute approximate surface area is 144 Å². The van der Waals surface area contributed by atoms with Crippen molar-refractivity contribution in [3.8, 4) is 5.75 Å². The first-order valence-corrected chi connectivity index (χ1v) is 9.17. The van der Waals surface area contributed by atoms with Gasteiger partial charge in [0.1, 0.15) is 5.75 Å². The molecule has 8 heteroatoms. The first kappa shape index (κ1) is 18.9. The van der Waals surface area contributed by atoms with Crippen LogP contribution in [-0.4, -0.2) is 25.2 Å². The highest BCUT2D eigenvalue weighted by Gasteiger charge is 2.15. The van der Waals surface area contributed by atoms with Crippen LogP contribution in [0.3, 0.4) is 0 Å². The van der Waals surface area contributed by atoms with E-state index >= 15 is 0 Å². The van der Waals surface area contributed by atoms with Crippen molar-refractivity contribution in [3.63, 3.8) is 0 Å². The molecule has 0 aliphatic carbocycles. The Morgan fingerprint density at radius 1 is 1.12 bits per heavy atom. The summed E-state index contributed by atoms with van der Waals surface area (Å²) in [7, 11) is -3.48. The minimum Gasteiger partial charge on any atom is -0.506 e. The summed E-state index contributed by atoms with van der Waals surface area (Å²) in [6.07, 6.45) is 0.117. The van der Waals surface area contributed by atoms with Crippen LogP contribution in [0.4, 0.5) is 14.5 Å². The topological polar surface area (TPSA) is 83.5 Å². The number of carbonyl (C=O) groups is 1. The van der Waals surface area contributed by atoms with Gasteiger partial charge >= 0.3 is 0 Å². The van der Waals surface area contributed by atoms with Crippen LogP contribution in [0.25, 0.3) is 0 Å². The van der Waals surface area contributed by atoms with E-state index in [-0.39, 0.29) is 34.9 Å². The zero-order valence-corrected chi connectivity index (χ0v) is 14.2. The predicted octanol–water partition coefficient (Wildman–Crippen LogP) is 3.04. The smallest absolute Gasteiger partial charge is 0.224 e. The molecule has 5 nitrogen and oxygen atoms in total. The van der Waals surface area contributed by atoms with Crippen molar-refractivity contribution in [2.24, 2.45) is 0 Å². The Bertz CT molecular complexity index is 898. The number of rotatable bonds is 6. The van der Waals surface area contributed by atoms with Crippen molar-refractivity contribution in [1.29, 1.82) is 0 Å². The molecule has 134 valence electrons. The van der Waals surface area contributed by atoms with Crippen molar-refractivity contribution >= 4 is 21.4 Å². The van der Waals surface area contributed by atoms with E-state index in [0.29, 0.717) is 5.56 Å². The third-order valence-corrected chi connectivity index (χ3v) is 5.34. The van der Waals surface area contributed by atoms with E-state index < -0.39 is 27.4 Å². The van der Waals surface area contributed by atoms with Gasteiger partial charge < -0.3 is 10.4 Å². The van der Waals surface area contributed by atoms with Gasteiger partial charge in [-0.25, -0.2) is 17.2 Å². The lowest BCUT2D eigenvalue weighted by molar-refractivity contribution is -0.116. The van der Waals surface area contributed by atoms with Gasteiger partial charge in [0.05, 0.1) is 16.3 Å². The van der Waals surface area contributed by atoms with Gasteiger partial charge in [0, 0.05) is 6.42 Å². The number of hydrogen-bond donors (Lipinski definition) is 2. The third-order valence-electron chi connectivity index (χ3n) is 3.61. The molecule has 2 aromatic rings. The number of aromatic hydroxyl groups is 1. The number of nitrogens with one attached hydrogen (secondary N) is 1. The van der Waals surface area contributed by atoms with Gasteiger partial charge in [0.15, 0.2) is 21.5 Å². The number of carbonyl (C=O) groups excluding carboxylic acids is 1. The van der Waals surface area contributed by atoms with Crippen LogP contribution in [0, 0.1) is 11.6 Å². The lowest BCUT2D eigenvalue weighted by Gasteiger charge is -2.10. The van der Waals surface area contributed by atoms with Gasteiger partial charge in [-0.1, -0.05) is 13.0 Å². The molecule has 0 bridgehead atoms. The van der Waals surface area contributed by atoms with E-state index in [9.17, 15) is 27.1 Å². The van der Waals surface area contributed by atoms with Gasteiger partial charge in [-0.2, -0.15) is 0 Å². The highest BCUT2D eigenvalue weighted by molar-refractivity contribution is 7.91. The molecule has 1 amide bonds. The fourth-order valence-corrected chi connectivity index (χ4v) is 3.05. The Hall–Kier alpha value is -2.48. The summed E-state index contributed by atoms with van der Waals surface area (Å²) in [4.78, 5) is 12.0. The normalized spacial score (nSPS) is 11.3. The number of phenols is 1. The van der Waals surface area contributed by atoms with Crippen molar-refractivity contribution in [2.75, 3.05) is 11.1 Å². The minimum absolute atomic E-state index is 0.0105. The molecular weight excluding hydrogens is 352 g/mol. The first-order valence-electron chi connectivity index (χ1n) is 7.52. The molecule has 0 fully saturated rings. The Kier molecular flexibility index (Phi) is 5.73. The fraction of sp³-hybridized carbons (Fsp3) is 0.235. The van der Waals surface area contributed by atoms with E-state index in [4.69, 9.17) is 0 Å². The molecule has 0 heterocycles. The van der Waals surface area contributed by atoms with Crippen LogP contribution >= 0.6 is 0 Å². The number of halogens is 2. The molecule has 2 rings (SSSR count). The highest BCUT2D eigenvalue weighted by atomic mass is 32.2. The minimum atomic E-state index is -3.48. The number of benzene rings is 2. The molecule has 0 spiro atoms. The molecule has 0 aliphatic rings. The van der Waals surface area contributed by atoms with E-state index in [0.717, 1.165) is 12.1 Å². The summed E-state index contributed by atoms with van der Waals surface area (Å²) in [5.74, 6) is -2.83. The van der Waals surface area contributed by atoms with Gasteiger partial charge in [0.25, 0.3) is 0 Å². The standard InChI is InChI=1S/C17H17F2NO4S/c1-2-25(23,24)12-5-7-16(21)15(10-12)20-17(22)8-4-11-3-6-13(18)14(19)9-11/h3,5-7,9-10,21H,2,4,8H2,1H3,(H,20,22). The lowest BCUT2D eigenvalue weighted by atomic mass is 10.1. The second-order valence-electron chi connectivity index (χ2n) is 5.38. The van der Waals surface area contributed by atoms with Gasteiger partial charge in [-0.15, -0.1) is 0 Å². The molecule has 0 unspecified atom stereocenters. The largest absolute Gasteiger partial charge is 0.506 e. The summed E-state index contributed by atoms with van der Waals surface area (Å²) in [6, 6.07) is 6.99. The average Bonchev–Trinajstić information content (AvgIpc) is 2.57. The molecule has 0 atom stereocenters. The molecule has 2 aromatic carbocycles. The maximum absolute atomic E-state index is 13.1. The number of sulfone groups is 1. The van der Waals surface area contributed by atoms with Crippen molar-refractivity contribution < 1.29 is 27.1 Å². The first-order chi connectivity index (χ1) is 11.7. The number of aryl methyl sites for hydroxylation is 1. The molecule has 0 aliphatic heterocycles. The molecule has 25 heavy (non-hydrogen) atoms. The maximum Gasteiger partial charge on any atom is 0.224 e. The lowest BCUT2D eigenvalue weighted by Crippen LogP contribution is -2.13. The number of anilines is 1. The second kappa shape index (κ2) is 7.60. The Morgan fingerprint density at radius 2 is 1.84 bits per heavy atom. The summed E-state index contributed by atoms with van der Waals surface area (Å²) >= 11 is 0. The zero-order valence-electron chi connectivity index (χ0n) is 13.4.